The van der Waals surface area contributed by atoms with Crippen molar-refractivity contribution < 1.29 is 9.53 Å². The van der Waals surface area contributed by atoms with Gasteiger partial charge in [-0.05, 0) is 86.8 Å². The number of hydrogen-bond acceptors (Lipinski definition) is 4. The molecule has 1 aliphatic heterocycles. The summed E-state index contributed by atoms with van der Waals surface area (Å²) in [5.41, 5.74) is 6.34. The first-order valence-electron chi connectivity index (χ1n) is 12.2. The lowest BCUT2D eigenvalue weighted by Crippen LogP contribution is -2.53. The minimum absolute atomic E-state index is 0.184. The molecule has 6 heteroatoms. The van der Waals surface area contributed by atoms with Crippen LogP contribution in [0, 0.1) is 20.8 Å². The molecule has 0 bridgehead atoms. The van der Waals surface area contributed by atoms with Crippen LogP contribution in [0.15, 0.2) is 71.7 Å². The van der Waals surface area contributed by atoms with E-state index in [1.807, 2.05) is 50.2 Å². The summed E-state index contributed by atoms with van der Waals surface area (Å²) in [7, 11) is 0. The van der Waals surface area contributed by atoms with E-state index in [1.54, 1.807) is 12.1 Å². The Kier molecular flexibility index (Phi) is 7.70. The Morgan fingerprint density at radius 3 is 2.31 bits per heavy atom. The standard InChI is InChI=1S/C29H34N4O2/c1-5-35-26-13-11-24(12-14-26)28(34)31-29(30-25-8-6-7-21(2)19-25)33-17-15-32(16-18-33)27-20-22(3)9-10-23(27)4/h6-14,19-20H,5,15-18H2,1-4H3,(H,30,31,34). The number of ether oxygens (including phenoxy) is 1. The van der Waals surface area contributed by atoms with Crippen molar-refractivity contribution in [3.63, 3.8) is 0 Å². The van der Waals surface area contributed by atoms with E-state index in [0.717, 1.165) is 43.2 Å². The van der Waals surface area contributed by atoms with Crippen LogP contribution in [0.1, 0.15) is 34.0 Å². The largest absolute Gasteiger partial charge is 0.494 e. The molecule has 35 heavy (non-hydrogen) atoms. The molecule has 0 aliphatic carbocycles. The Morgan fingerprint density at radius 2 is 1.63 bits per heavy atom. The maximum atomic E-state index is 13.1. The van der Waals surface area contributed by atoms with E-state index in [-0.39, 0.29) is 5.91 Å². The van der Waals surface area contributed by atoms with Crippen LogP contribution in [0.3, 0.4) is 0 Å². The third kappa shape index (κ3) is 6.21. The molecule has 3 aromatic rings. The molecule has 0 spiro atoms. The highest BCUT2D eigenvalue weighted by Gasteiger charge is 2.23. The zero-order valence-corrected chi connectivity index (χ0v) is 21.0. The Labute approximate surface area is 208 Å². The SMILES string of the molecule is CCOc1ccc(C(=O)NC(=Nc2cccc(C)c2)N2CCN(c3cc(C)ccc3C)CC2)cc1. The minimum Gasteiger partial charge on any atom is -0.494 e. The van der Waals surface area contributed by atoms with Crippen LogP contribution in [0.2, 0.25) is 0 Å². The van der Waals surface area contributed by atoms with Gasteiger partial charge in [0.05, 0.1) is 12.3 Å². The predicted octanol–water partition coefficient (Wildman–Crippen LogP) is 5.25. The first kappa shape index (κ1) is 24.3. The summed E-state index contributed by atoms with van der Waals surface area (Å²) in [6.07, 6.45) is 0. The first-order chi connectivity index (χ1) is 16.9. The number of piperazine rings is 1. The van der Waals surface area contributed by atoms with Crippen LogP contribution < -0.4 is 15.0 Å². The topological polar surface area (TPSA) is 57.2 Å². The van der Waals surface area contributed by atoms with E-state index in [9.17, 15) is 4.79 Å². The Bertz CT molecular complexity index is 1200. The molecule has 1 aliphatic rings. The van der Waals surface area contributed by atoms with Crippen LogP contribution in [-0.2, 0) is 0 Å². The summed E-state index contributed by atoms with van der Waals surface area (Å²) in [5.74, 6) is 1.15. The summed E-state index contributed by atoms with van der Waals surface area (Å²) in [5, 5.41) is 3.08. The number of benzene rings is 3. The molecule has 1 saturated heterocycles. The lowest BCUT2D eigenvalue weighted by Gasteiger charge is -2.38. The summed E-state index contributed by atoms with van der Waals surface area (Å²) < 4.78 is 5.50. The third-order valence-corrected chi connectivity index (χ3v) is 6.17. The number of carbonyl (C=O) groups excluding carboxylic acids is 1. The number of anilines is 1. The number of hydrogen-bond donors (Lipinski definition) is 1. The van der Waals surface area contributed by atoms with E-state index in [4.69, 9.17) is 9.73 Å². The van der Waals surface area contributed by atoms with E-state index < -0.39 is 0 Å². The first-order valence-corrected chi connectivity index (χ1v) is 12.2. The summed E-state index contributed by atoms with van der Waals surface area (Å²) in [6.45, 7) is 12.1. The molecular weight excluding hydrogens is 436 g/mol. The van der Waals surface area contributed by atoms with Gasteiger partial charge in [-0.1, -0.05) is 24.3 Å². The maximum Gasteiger partial charge on any atom is 0.257 e. The zero-order valence-electron chi connectivity index (χ0n) is 21.0. The highest BCUT2D eigenvalue weighted by Crippen LogP contribution is 2.23. The van der Waals surface area contributed by atoms with Crippen molar-refractivity contribution in [1.29, 1.82) is 0 Å². The maximum absolute atomic E-state index is 13.1. The van der Waals surface area contributed by atoms with Gasteiger partial charge in [0.2, 0.25) is 5.96 Å². The molecule has 182 valence electrons. The lowest BCUT2D eigenvalue weighted by molar-refractivity contribution is 0.0971. The molecule has 0 atom stereocenters. The van der Waals surface area contributed by atoms with Gasteiger partial charge in [-0.2, -0.15) is 0 Å². The van der Waals surface area contributed by atoms with E-state index >= 15 is 0 Å². The number of guanidine groups is 1. The van der Waals surface area contributed by atoms with Gasteiger partial charge in [0.25, 0.3) is 5.91 Å². The molecule has 1 fully saturated rings. The Hall–Kier alpha value is -3.80. The summed E-state index contributed by atoms with van der Waals surface area (Å²) >= 11 is 0. The van der Waals surface area contributed by atoms with Gasteiger partial charge in [-0.15, -0.1) is 0 Å². The van der Waals surface area contributed by atoms with Gasteiger partial charge in [0.1, 0.15) is 5.75 Å². The van der Waals surface area contributed by atoms with Gasteiger partial charge in [-0.3, -0.25) is 10.1 Å². The van der Waals surface area contributed by atoms with Gasteiger partial charge in [0.15, 0.2) is 0 Å². The molecular formula is C29H34N4O2. The number of nitrogens with zero attached hydrogens (tertiary/aromatic N) is 3. The third-order valence-electron chi connectivity index (χ3n) is 6.17. The molecule has 1 heterocycles. The van der Waals surface area contributed by atoms with Gasteiger partial charge >= 0.3 is 0 Å². The van der Waals surface area contributed by atoms with Crippen molar-refractivity contribution in [3.8, 4) is 5.75 Å². The van der Waals surface area contributed by atoms with Gasteiger partial charge in [-0.25, -0.2) is 4.99 Å². The number of aliphatic imine (C=N–C) groups is 1. The Balaban J connectivity index is 1.53. The fraction of sp³-hybridized carbons (Fsp3) is 0.310. The number of nitrogens with one attached hydrogen (secondary N) is 1. The summed E-state index contributed by atoms with van der Waals surface area (Å²) in [4.78, 5) is 22.6. The molecule has 0 unspecified atom stereocenters. The van der Waals surface area contributed by atoms with E-state index in [2.05, 4.69) is 47.2 Å². The van der Waals surface area contributed by atoms with Crippen molar-refractivity contribution in [1.82, 2.24) is 10.2 Å². The average molecular weight is 471 g/mol. The average Bonchev–Trinajstić information content (AvgIpc) is 2.86. The second-order valence-electron chi connectivity index (χ2n) is 8.95. The lowest BCUT2D eigenvalue weighted by atomic mass is 10.1. The smallest absolute Gasteiger partial charge is 0.257 e. The van der Waals surface area contributed by atoms with Crippen LogP contribution in [0.5, 0.6) is 5.75 Å². The fourth-order valence-electron chi connectivity index (χ4n) is 4.26. The monoisotopic (exact) mass is 470 g/mol. The molecule has 0 aromatic heterocycles. The highest BCUT2D eigenvalue weighted by atomic mass is 16.5. The molecule has 1 amide bonds. The second-order valence-corrected chi connectivity index (χ2v) is 8.95. The number of rotatable bonds is 5. The quantitative estimate of drug-likeness (QED) is 0.409. The van der Waals surface area contributed by atoms with Gasteiger partial charge < -0.3 is 14.5 Å². The zero-order chi connectivity index (χ0) is 24.8. The molecule has 1 N–H and O–H groups in total. The van der Waals surface area contributed by atoms with Crippen molar-refractivity contribution in [2.24, 2.45) is 4.99 Å². The van der Waals surface area contributed by atoms with Crippen molar-refractivity contribution in [2.45, 2.75) is 27.7 Å². The van der Waals surface area contributed by atoms with Crippen molar-refractivity contribution in [3.05, 3.63) is 89.0 Å². The predicted molar refractivity (Wildman–Crippen MR) is 143 cm³/mol. The van der Waals surface area contributed by atoms with Gasteiger partial charge in [0, 0.05) is 37.4 Å². The number of carbonyl (C=O) groups is 1. The van der Waals surface area contributed by atoms with Crippen molar-refractivity contribution in [2.75, 3.05) is 37.7 Å². The second kappa shape index (κ2) is 11.1. The molecule has 0 radical (unpaired) electrons. The number of amides is 1. The Morgan fingerprint density at radius 1 is 0.914 bits per heavy atom. The number of aryl methyl sites for hydroxylation is 3. The van der Waals surface area contributed by atoms with E-state index in [0.29, 0.717) is 18.1 Å². The normalized spacial score (nSPS) is 14.1. The molecule has 4 rings (SSSR count). The van der Waals surface area contributed by atoms with E-state index in [1.165, 1.54) is 16.8 Å². The molecule has 6 nitrogen and oxygen atoms in total. The highest BCUT2D eigenvalue weighted by molar-refractivity contribution is 6.06. The van der Waals surface area contributed by atoms with Crippen LogP contribution in [-0.4, -0.2) is 49.6 Å². The van der Waals surface area contributed by atoms with Crippen LogP contribution >= 0.6 is 0 Å². The van der Waals surface area contributed by atoms with Crippen LogP contribution in [0.25, 0.3) is 0 Å². The van der Waals surface area contributed by atoms with Crippen LogP contribution in [0.4, 0.5) is 11.4 Å². The molecule has 3 aromatic carbocycles. The molecule has 0 saturated carbocycles. The van der Waals surface area contributed by atoms with Crippen molar-refractivity contribution >= 4 is 23.2 Å². The minimum atomic E-state index is -0.184. The fourth-order valence-corrected chi connectivity index (χ4v) is 4.26. The summed E-state index contributed by atoms with van der Waals surface area (Å²) in [6, 6.07) is 21.8.